The Morgan fingerprint density at radius 2 is 2.18 bits per heavy atom. The summed E-state index contributed by atoms with van der Waals surface area (Å²) in [5.74, 6) is -0.0784. The Bertz CT molecular complexity index is 585. The molecule has 3 heterocycles. The van der Waals surface area contributed by atoms with Crippen molar-refractivity contribution in [1.82, 2.24) is 9.88 Å². The molecule has 0 radical (unpaired) electrons. The first-order chi connectivity index (χ1) is 10.2. The number of amides is 1. The Labute approximate surface area is 135 Å². The molecule has 3 rings (SSSR count). The van der Waals surface area contributed by atoms with Crippen LogP contribution in [0, 0.1) is 0 Å². The molecule has 2 fully saturated rings. The monoisotopic (exact) mass is 322 g/mol. The zero-order valence-corrected chi connectivity index (χ0v) is 14.2. The van der Waals surface area contributed by atoms with Gasteiger partial charge in [-0.25, -0.2) is 4.98 Å². The lowest BCUT2D eigenvalue weighted by atomic mass is 9.71. The van der Waals surface area contributed by atoms with E-state index in [2.05, 4.69) is 4.98 Å². The van der Waals surface area contributed by atoms with Crippen LogP contribution < -0.4 is 0 Å². The van der Waals surface area contributed by atoms with E-state index >= 15 is 0 Å². The highest BCUT2D eigenvalue weighted by Crippen LogP contribution is 2.56. The largest absolute Gasteiger partial charge is 0.388 e. The van der Waals surface area contributed by atoms with Crippen molar-refractivity contribution in [3.05, 3.63) is 24.4 Å². The van der Waals surface area contributed by atoms with Gasteiger partial charge in [0.2, 0.25) is 5.91 Å². The zero-order valence-electron chi connectivity index (χ0n) is 13.4. The summed E-state index contributed by atoms with van der Waals surface area (Å²) < 4.78 is 4.81. The lowest BCUT2D eigenvalue weighted by Gasteiger charge is -2.65. The third-order valence-corrected chi connectivity index (χ3v) is 6.28. The van der Waals surface area contributed by atoms with E-state index in [-0.39, 0.29) is 11.9 Å². The second-order valence-corrected chi connectivity index (χ2v) is 8.11. The summed E-state index contributed by atoms with van der Waals surface area (Å²) in [6, 6.07) is 5.55. The van der Waals surface area contributed by atoms with Gasteiger partial charge in [-0.15, -0.1) is 0 Å². The Balaban J connectivity index is 2.01. The van der Waals surface area contributed by atoms with Gasteiger partial charge in [0.15, 0.2) is 0 Å². The van der Waals surface area contributed by atoms with Crippen LogP contribution in [0.3, 0.4) is 0 Å². The average Bonchev–Trinajstić information content (AvgIpc) is 2.43. The number of β-lactam (4-membered cyclic amide) rings is 1. The highest BCUT2D eigenvalue weighted by atomic mass is 32.2. The molecule has 22 heavy (non-hydrogen) atoms. The molecule has 2 atom stereocenters. The standard InChI is InChI=1S/C16H22N2O3S/c1-14(2,20)16(22-12-7-5-6-9-17-12)11-8-10-21-15(3,4)18(11)13(16)19/h5-7,9,11,20H,8,10H2,1-4H3. The van der Waals surface area contributed by atoms with Crippen LogP contribution in [0.15, 0.2) is 29.4 Å². The van der Waals surface area contributed by atoms with E-state index in [1.165, 1.54) is 11.8 Å². The minimum Gasteiger partial charge on any atom is -0.388 e. The maximum absolute atomic E-state index is 13.0. The molecular formula is C16H22N2O3S. The van der Waals surface area contributed by atoms with Crippen LogP contribution >= 0.6 is 11.8 Å². The van der Waals surface area contributed by atoms with Gasteiger partial charge in [0.05, 0.1) is 23.3 Å². The highest BCUT2D eigenvalue weighted by Gasteiger charge is 2.71. The Morgan fingerprint density at radius 1 is 1.45 bits per heavy atom. The van der Waals surface area contributed by atoms with Gasteiger partial charge in [0.1, 0.15) is 10.5 Å². The summed E-state index contributed by atoms with van der Waals surface area (Å²) in [5, 5.41) is 11.5. The van der Waals surface area contributed by atoms with Crippen LogP contribution in [0.5, 0.6) is 0 Å². The number of thioether (sulfide) groups is 1. The molecule has 0 aromatic carbocycles. The Hall–Kier alpha value is -1.11. The molecular weight excluding hydrogens is 300 g/mol. The Morgan fingerprint density at radius 3 is 2.77 bits per heavy atom. The van der Waals surface area contributed by atoms with E-state index in [0.29, 0.717) is 6.61 Å². The van der Waals surface area contributed by atoms with Crippen LogP contribution in [0.1, 0.15) is 34.1 Å². The van der Waals surface area contributed by atoms with Crippen molar-refractivity contribution in [2.45, 2.75) is 61.3 Å². The molecule has 1 amide bonds. The quantitative estimate of drug-likeness (QED) is 0.863. The Kier molecular flexibility index (Phi) is 3.54. The molecule has 6 heteroatoms. The van der Waals surface area contributed by atoms with E-state index in [1.807, 2.05) is 32.0 Å². The SMILES string of the molecule is CC1(C)OCCC2N1C(=O)C2(Sc1ccccn1)C(C)(C)O. The van der Waals surface area contributed by atoms with E-state index in [9.17, 15) is 9.90 Å². The lowest BCUT2D eigenvalue weighted by Crippen LogP contribution is -2.84. The van der Waals surface area contributed by atoms with Crippen molar-refractivity contribution >= 4 is 17.7 Å². The van der Waals surface area contributed by atoms with Gasteiger partial charge in [-0.2, -0.15) is 0 Å². The van der Waals surface area contributed by atoms with Gasteiger partial charge in [-0.1, -0.05) is 17.8 Å². The third kappa shape index (κ3) is 2.08. The van der Waals surface area contributed by atoms with Crippen LogP contribution in [0.2, 0.25) is 0 Å². The zero-order chi connectivity index (χ0) is 16.2. The summed E-state index contributed by atoms with van der Waals surface area (Å²) in [5.41, 5.74) is -1.78. The maximum Gasteiger partial charge on any atom is 0.246 e. The van der Waals surface area contributed by atoms with E-state index in [1.54, 1.807) is 24.9 Å². The average molecular weight is 322 g/mol. The molecule has 2 aliphatic heterocycles. The van der Waals surface area contributed by atoms with Crippen LogP contribution in [0.4, 0.5) is 0 Å². The minimum absolute atomic E-state index is 0.0595. The second-order valence-electron chi connectivity index (χ2n) is 6.84. The number of rotatable bonds is 3. The first-order valence-corrected chi connectivity index (χ1v) is 8.32. The fourth-order valence-electron chi connectivity index (χ4n) is 3.50. The van der Waals surface area contributed by atoms with Crippen molar-refractivity contribution in [3.63, 3.8) is 0 Å². The number of hydrogen-bond donors (Lipinski definition) is 1. The van der Waals surface area contributed by atoms with Crippen molar-refractivity contribution in [3.8, 4) is 0 Å². The van der Waals surface area contributed by atoms with Gasteiger partial charge in [-0.05, 0) is 46.2 Å². The van der Waals surface area contributed by atoms with Gasteiger partial charge in [-0.3, -0.25) is 4.79 Å². The summed E-state index contributed by atoms with van der Waals surface area (Å²) >= 11 is 1.37. The van der Waals surface area contributed by atoms with Crippen LogP contribution in [-0.4, -0.2) is 49.6 Å². The van der Waals surface area contributed by atoms with Crippen LogP contribution in [0.25, 0.3) is 0 Å². The van der Waals surface area contributed by atoms with Gasteiger partial charge >= 0.3 is 0 Å². The number of aromatic nitrogens is 1. The number of fused-ring (bicyclic) bond motifs is 1. The number of aliphatic hydroxyl groups is 1. The molecule has 0 spiro atoms. The van der Waals surface area contributed by atoms with Crippen molar-refractivity contribution < 1.29 is 14.6 Å². The van der Waals surface area contributed by atoms with Crippen LogP contribution in [-0.2, 0) is 9.53 Å². The van der Waals surface area contributed by atoms with E-state index in [0.717, 1.165) is 11.4 Å². The molecule has 0 bridgehead atoms. The first kappa shape index (κ1) is 15.8. The van der Waals surface area contributed by atoms with Crippen molar-refractivity contribution in [1.29, 1.82) is 0 Å². The van der Waals surface area contributed by atoms with E-state index < -0.39 is 16.1 Å². The van der Waals surface area contributed by atoms with Gasteiger partial charge in [0.25, 0.3) is 0 Å². The number of ether oxygens (including phenoxy) is 1. The predicted octanol–water partition coefficient (Wildman–Crippen LogP) is 2.05. The molecule has 0 saturated carbocycles. The van der Waals surface area contributed by atoms with Crippen molar-refractivity contribution in [2.75, 3.05) is 6.61 Å². The van der Waals surface area contributed by atoms with Crippen molar-refractivity contribution in [2.24, 2.45) is 0 Å². The fourth-order valence-corrected chi connectivity index (χ4v) is 4.88. The smallest absolute Gasteiger partial charge is 0.246 e. The highest BCUT2D eigenvalue weighted by molar-refractivity contribution is 8.01. The predicted molar refractivity (Wildman–Crippen MR) is 84.4 cm³/mol. The molecule has 2 unspecified atom stereocenters. The second kappa shape index (κ2) is 4.94. The van der Waals surface area contributed by atoms with E-state index in [4.69, 9.17) is 4.74 Å². The molecule has 1 N–H and O–H groups in total. The summed E-state index contributed by atoms with van der Waals surface area (Å²) in [4.78, 5) is 19.1. The minimum atomic E-state index is -1.15. The lowest BCUT2D eigenvalue weighted by molar-refractivity contribution is -0.240. The summed E-state index contributed by atoms with van der Waals surface area (Å²) in [6.45, 7) is 7.80. The van der Waals surface area contributed by atoms with Gasteiger partial charge in [0, 0.05) is 6.20 Å². The molecule has 2 aliphatic rings. The normalized spacial score (nSPS) is 30.7. The number of pyridine rings is 1. The maximum atomic E-state index is 13.0. The van der Waals surface area contributed by atoms with Gasteiger partial charge < -0.3 is 14.7 Å². The molecule has 5 nitrogen and oxygen atoms in total. The summed E-state index contributed by atoms with van der Waals surface area (Å²) in [7, 11) is 0. The molecule has 1 aromatic heterocycles. The third-order valence-electron chi connectivity index (χ3n) is 4.56. The molecule has 2 saturated heterocycles. The first-order valence-electron chi connectivity index (χ1n) is 7.50. The number of carbonyl (C=O) groups excluding carboxylic acids is 1. The number of hydrogen-bond acceptors (Lipinski definition) is 5. The molecule has 0 aliphatic carbocycles. The number of nitrogens with zero attached hydrogens (tertiary/aromatic N) is 2. The summed E-state index contributed by atoms with van der Waals surface area (Å²) in [6.07, 6.45) is 2.42. The molecule has 120 valence electrons. The number of carbonyl (C=O) groups is 1. The molecule has 1 aromatic rings. The fraction of sp³-hybridized carbons (Fsp3) is 0.625. The topological polar surface area (TPSA) is 62.7 Å².